The van der Waals surface area contributed by atoms with Gasteiger partial charge in [0, 0.05) is 4.47 Å². The molecule has 0 spiro atoms. The van der Waals surface area contributed by atoms with Crippen LogP contribution in [0.1, 0.15) is 30.7 Å². The number of furan rings is 1. The van der Waals surface area contributed by atoms with Gasteiger partial charge in [-0.05, 0) is 36.7 Å². The van der Waals surface area contributed by atoms with Crippen LogP contribution in [0.25, 0.3) is 0 Å². The molecule has 5 nitrogen and oxygen atoms in total. The van der Waals surface area contributed by atoms with Gasteiger partial charge in [-0.15, -0.1) is 0 Å². The minimum absolute atomic E-state index is 0.184. The molecule has 0 aliphatic carbocycles. The maximum atomic E-state index is 10.7. The van der Waals surface area contributed by atoms with E-state index in [1.807, 2.05) is 24.3 Å². The number of rotatable bonds is 6. The first-order valence-corrected chi connectivity index (χ1v) is 7.14. The van der Waals surface area contributed by atoms with E-state index in [1.54, 1.807) is 6.07 Å². The molecular weight excluding hydrogens is 324 g/mol. The molecule has 2 aromatic rings. The molecule has 1 heterocycles. The molecule has 20 heavy (non-hydrogen) atoms. The average Bonchev–Trinajstić information content (AvgIpc) is 2.91. The first kappa shape index (κ1) is 14.7. The van der Waals surface area contributed by atoms with Crippen molar-refractivity contribution in [3.05, 3.63) is 62.3 Å². The van der Waals surface area contributed by atoms with Gasteiger partial charge in [0.1, 0.15) is 10.7 Å². The van der Waals surface area contributed by atoms with E-state index >= 15 is 0 Å². The molecule has 1 N–H and O–H groups in total. The molecule has 2 rings (SSSR count). The lowest BCUT2D eigenvalue weighted by atomic mass is 10.0. The molecule has 0 aliphatic heterocycles. The van der Waals surface area contributed by atoms with Crippen LogP contribution in [0, 0.1) is 10.1 Å². The maximum absolute atomic E-state index is 10.7. The number of benzene rings is 1. The lowest BCUT2D eigenvalue weighted by Crippen LogP contribution is -2.22. The minimum Gasteiger partial charge on any atom is -0.404 e. The summed E-state index contributed by atoms with van der Waals surface area (Å²) in [6.45, 7) is 2.87. The summed E-state index contributed by atoms with van der Waals surface area (Å²) in [5.41, 5.74) is 1.01. The van der Waals surface area contributed by atoms with Gasteiger partial charge < -0.3 is 9.73 Å². The third-order valence-electron chi connectivity index (χ3n) is 2.88. The second-order valence-corrected chi connectivity index (χ2v) is 5.29. The van der Waals surface area contributed by atoms with Crippen molar-refractivity contribution in [2.24, 2.45) is 0 Å². The van der Waals surface area contributed by atoms with Gasteiger partial charge in [0.2, 0.25) is 0 Å². The van der Waals surface area contributed by atoms with Crippen molar-refractivity contribution in [2.45, 2.75) is 19.4 Å². The van der Waals surface area contributed by atoms with E-state index in [0.717, 1.165) is 23.0 Å². The van der Waals surface area contributed by atoms with Gasteiger partial charge in [-0.2, -0.15) is 0 Å². The number of hydrogen-bond donors (Lipinski definition) is 1. The normalized spacial score (nSPS) is 12.3. The zero-order valence-electron chi connectivity index (χ0n) is 11.0. The highest BCUT2D eigenvalue weighted by Gasteiger charge is 2.20. The molecule has 0 saturated heterocycles. The van der Waals surface area contributed by atoms with Gasteiger partial charge in [0.25, 0.3) is 0 Å². The third kappa shape index (κ3) is 3.46. The van der Waals surface area contributed by atoms with Crippen LogP contribution in [-0.4, -0.2) is 11.5 Å². The van der Waals surface area contributed by atoms with Gasteiger partial charge in [-0.3, -0.25) is 10.1 Å². The molecule has 1 aromatic carbocycles. The van der Waals surface area contributed by atoms with Crippen LogP contribution in [0.3, 0.4) is 0 Å². The first-order valence-electron chi connectivity index (χ1n) is 6.34. The van der Waals surface area contributed by atoms with Crippen molar-refractivity contribution >= 4 is 21.8 Å². The fourth-order valence-electron chi connectivity index (χ4n) is 1.92. The number of nitrogens with zero attached hydrogens (tertiary/aromatic N) is 1. The molecule has 0 bridgehead atoms. The maximum Gasteiger partial charge on any atom is 0.433 e. The second-order valence-electron chi connectivity index (χ2n) is 4.37. The van der Waals surface area contributed by atoms with Crippen LogP contribution in [0.15, 0.2) is 45.3 Å². The molecule has 6 heteroatoms. The summed E-state index contributed by atoms with van der Waals surface area (Å²) < 4.78 is 6.30. The average molecular weight is 339 g/mol. The molecule has 106 valence electrons. The highest BCUT2D eigenvalue weighted by molar-refractivity contribution is 9.10. The lowest BCUT2D eigenvalue weighted by molar-refractivity contribution is -0.402. The van der Waals surface area contributed by atoms with Crippen LogP contribution in [0.2, 0.25) is 0 Å². The summed E-state index contributed by atoms with van der Waals surface area (Å²) in [6, 6.07) is 10.7. The predicted octanol–water partition coefficient (Wildman–Crippen LogP) is 4.04. The molecule has 0 aliphatic rings. The summed E-state index contributed by atoms with van der Waals surface area (Å²) in [5, 5.41) is 14.1. The second kappa shape index (κ2) is 6.67. The highest BCUT2D eigenvalue weighted by Crippen LogP contribution is 2.27. The van der Waals surface area contributed by atoms with Crippen molar-refractivity contribution in [1.82, 2.24) is 5.32 Å². The topological polar surface area (TPSA) is 68.3 Å². The fourth-order valence-corrected chi connectivity index (χ4v) is 2.19. The Morgan fingerprint density at radius 2 is 2.00 bits per heavy atom. The van der Waals surface area contributed by atoms with Crippen LogP contribution in [0.4, 0.5) is 5.88 Å². The predicted molar refractivity (Wildman–Crippen MR) is 79.6 cm³/mol. The van der Waals surface area contributed by atoms with Crippen LogP contribution < -0.4 is 5.32 Å². The Morgan fingerprint density at radius 1 is 1.30 bits per heavy atom. The number of nitrogens with one attached hydrogen (secondary N) is 1. The van der Waals surface area contributed by atoms with Crippen LogP contribution >= 0.6 is 15.9 Å². The minimum atomic E-state index is -0.526. The van der Waals surface area contributed by atoms with Gasteiger partial charge in [0.15, 0.2) is 0 Å². The summed E-state index contributed by atoms with van der Waals surface area (Å²) in [5.74, 6) is 0.313. The third-order valence-corrected chi connectivity index (χ3v) is 3.41. The van der Waals surface area contributed by atoms with E-state index in [0.29, 0.717) is 5.76 Å². The number of nitro groups is 1. The number of hydrogen-bond acceptors (Lipinski definition) is 4. The Bertz CT molecular complexity index is 580. The largest absolute Gasteiger partial charge is 0.433 e. The molecule has 1 unspecified atom stereocenters. The fraction of sp³-hybridized carbons (Fsp3) is 0.286. The summed E-state index contributed by atoms with van der Waals surface area (Å²) in [4.78, 5) is 10.2. The van der Waals surface area contributed by atoms with E-state index in [2.05, 4.69) is 28.2 Å². The van der Waals surface area contributed by atoms with E-state index in [1.165, 1.54) is 6.07 Å². The Morgan fingerprint density at radius 3 is 2.55 bits per heavy atom. The quantitative estimate of drug-likeness (QED) is 0.637. The van der Waals surface area contributed by atoms with Crippen molar-refractivity contribution < 1.29 is 9.34 Å². The molecule has 0 amide bonds. The van der Waals surface area contributed by atoms with E-state index in [9.17, 15) is 10.1 Å². The SMILES string of the molecule is CCCNC(c1ccc(Br)cc1)c1ccc([N+](=O)[O-])o1. The van der Waals surface area contributed by atoms with Gasteiger partial charge >= 0.3 is 5.88 Å². The molecule has 0 saturated carbocycles. The summed E-state index contributed by atoms with van der Waals surface area (Å²) >= 11 is 3.39. The van der Waals surface area contributed by atoms with Crippen molar-refractivity contribution in [3.8, 4) is 0 Å². The van der Waals surface area contributed by atoms with E-state index < -0.39 is 4.92 Å². The molecule has 0 fully saturated rings. The highest BCUT2D eigenvalue weighted by atomic mass is 79.9. The standard InChI is InChI=1S/C14H15BrN2O3/c1-2-9-16-14(10-3-5-11(15)6-4-10)12-7-8-13(20-12)17(18)19/h3-8,14,16H,2,9H2,1H3. The van der Waals surface area contributed by atoms with E-state index in [4.69, 9.17) is 4.42 Å². The van der Waals surface area contributed by atoms with Crippen molar-refractivity contribution in [2.75, 3.05) is 6.54 Å². The van der Waals surface area contributed by atoms with Crippen LogP contribution in [0.5, 0.6) is 0 Å². The monoisotopic (exact) mass is 338 g/mol. The molecule has 0 radical (unpaired) electrons. The Hall–Kier alpha value is -1.66. The zero-order valence-corrected chi connectivity index (χ0v) is 12.6. The van der Waals surface area contributed by atoms with Gasteiger partial charge in [-0.25, -0.2) is 0 Å². The molecular formula is C14H15BrN2O3. The number of halogens is 1. The van der Waals surface area contributed by atoms with Gasteiger partial charge in [-0.1, -0.05) is 35.0 Å². The Balaban J connectivity index is 2.30. The molecule has 1 atom stereocenters. The zero-order chi connectivity index (χ0) is 14.5. The van der Waals surface area contributed by atoms with Crippen LogP contribution in [-0.2, 0) is 0 Å². The van der Waals surface area contributed by atoms with Crippen molar-refractivity contribution in [1.29, 1.82) is 0 Å². The first-order chi connectivity index (χ1) is 9.61. The van der Waals surface area contributed by atoms with Gasteiger partial charge in [0.05, 0.1) is 12.1 Å². The Kier molecular flexibility index (Phi) is 4.92. The Labute approximate surface area is 125 Å². The summed E-state index contributed by atoms with van der Waals surface area (Å²) in [6.07, 6.45) is 0.968. The summed E-state index contributed by atoms with van der Waals surface area (Å²) in [7, 11) is 0. The van der Waals surface area contributed by atoms with E-state index in [-0.39, 0.29) is 11.9 Å². The molecule has 1 aromatic heterocycles. The lowest BCUT2D eigenvalue weighted by Gasteiger charge is -2.16. The van der Waals surface area contributed by atoms with Crippen molar-refractivity contribution in [3.63, 3.8) is 0 Å². The smallest absolute Gasteiger partial charge is 0.404 e.